The molecular weight excluding hydrogens is 332 g/mol. The second-order valence-electron chi connectivity index (χ2n) is 6.12. The molecule has 2 aromatic carbocycles. The van der Waals surface area contributed by atoms with E-state index in [1.807, 2.05) is 18.2 Å². The number of methoxy groups -OCH3 is 1. The molecule has 1 aliphatic heterocycles. The number of hydrogen-bond donors (Lipinski definition) is 1. The molecule has 1 fully saturated rings. The van der Waals surface area contributed by atoms with Crippen LogP contribution in [-0.2, 0) is 9.59 Å². The molecule has 3 rings (SSSR count). The standard InChI is InChI=1S/C20H22N2O4/c1-14(26-18-6-3-5-17(13-18)25-2)20(24)21-15-8-10-16(11-9-15)22-12-4-7-19(22)23/h3,5-6,8-11,13-14H,4,7,12H2,1-2H3,(H,21,24). The fraction of sp³-hybridized carbons (Fsp3) is 0.300. The summed E-state index contributed by atoms with van der Waals surface area (Å²) < 4.78 is 10.8. The maximum absolute atomic E-state index is 12.3. The topological polar surface area (TPSA) is 67.9 Å². The smallest absolute Gasteiger partial charge is 0.265 e. The van der Waals surface area contributed by atoms with Gasteiger partial charge in [0, 0.05) is 30.4 Å². The molecule has 1 saturated heterocycles. The molecular formula is C20H22N2O4. The van der Waals surface area contributed by atoms with Crippen LogP contribution in [0.3, 0.4) is 0 Å². The van der Waals surface area contributed by atoms with Crippen molar-refractivity contribution >= 4 is 23.2 Å². The Kier molecular flexibility index (Phi) is 5.41. The molecule has 0 radical (unpaired) electrons. The number of carbonyl (C=O) groups excluding carboxylic acids is 2. The molecule has 1 atom stereocenters. The Hall–Kier alpha value is -3.02. The summed E-state index contributed by atoms with van der Waals surface area (Å²) in [6, 6.07) is 14.4. The van der Waals surface area contributed by atoms with Gasteiger partial charge in [0.15, 0.2) is 6.10 Å². The first kappa shape index (κ1) is 17.8. The lowest BCUT2D eigenvalue weighted by molar-refractivity contribution is -0.122. The average molecular weight is 354 g/mol. The summed E-state index contributed by atoms with van der Waals surface area (Å²) in [5.41, 5.74) is 1.51. The Bertz CT molecular complexity index is 789. The van der Waals surface area contributed by atoms with Crippen molar-refractivity contribution in [1.29, 1.82) is 0 Å². The molecule has 0 aliphatic carbocycles. The van der Waals surface area contributed by atoms with Crippen molar-refractivity contribution in [3.05, 3.63) is 48.5 Å². The van der Waals surface area contributed by atoms with Crippen molar-refractivity contribution in [2.45, 2.75) is 25.9 Å². The van der Waals surface area contributed by atoms with Crippen LogP contribution in [0.5, 0.6) is 11.5 Å². The van der Waals surface area contributed by atoms with Crippen LogP contribution in [0, 0.1) is 0 Å². The Morgan fingerprint density at radius 3 is 2.54 bits per heavy atom. The van der Waals surface area contributed by atoms with Crippen LogP contribution < -0.4 is 19.7 Å². The first-order valence-electron chi connectivity index (χ1n) is 8.59. The van der Waals surface area contributed by atoms with Gasteiger partial charge in [-0.15, -0.1) is 0 Å². The average Bonchev–Trinajstić information content (AvgIpc) is 3.08. The number of nitrogens with zero attached hydrogens (tertiary/aromatic N) is 1. The molecule has 2 aromatic rings. The molecule has 1 N–H and O–H groups in total. The molecule has 26 heavy (non-hydrogen) atoms. The maximum atomic E-state index is 12.3. The predicted octanol–water partition coefficient (Wildman–Crippen LogP) is 3.23. The quantitative estimate of drug-likeness (QED) is 0.865. The number of nitrogens with one attached hydrogen (secondary N) is 1. The third-order valence-electron chi connectivity index (χ3n) is 4.24. The van der Waals surface area contributed by atoms with E-state index >= 15 is 0 Å². The summed E-state index contributed by atoms with van der Waals surface area (Å²) in [5.74, 6) is 1.12. The van der Waals surface area contributed by atoms with Gasteiger partial charge in [-0.3, -0.25) is 9.59 Å². The lowest BCUT2D eigenvalue weighted by atomic mass is 10.2. The summed E-state index contributed by atoms with van der Waals surface area (Å²) in [4.78, 5) is 25.9. The zero-order valence-corrected chi connectivity index (χ0v) is 14.9. The van der Waals surface area contributed by atoms with Crippen LogP contribution in [-0.4, -0.2) is 31.6 Å². The zero-order chi connectivity index (χ0) is 18.5. The minimum atomic E-state index is -0.665. The van der Waals surface area contributed by atoms with E-state index < -0.39 is 6.10 Å². The molecule has 1 aliphatic rings. The van der Waals surface area contributed by atoms with Crippen molar-refractivity contribution in [2.24, 2.45) is 0 Å². The number of hydrogen-bond acceptors (Lipinski definition) is 4. The Morgan fingerprint density at radius 2 is 1.88 bits per heavy atom. The zero-order valence-electron chi connectivity index (χ0n) is 14.9. The van der Waals surface area contributed by atoms with Gasteiger partial charge in [0.2, 0.25) is 5.91 Å². The van der Waals surface area contributed by atoms with Crippen LogP contribution in [0.2, 0.25) is 0 Å². The highest BCUT2D eigenvalue weighted by Gasteiger charge is 2.21. The minimum absolute atomic E-state index is 0.141. The van der Waals surface area contributed by atoms with Gasteiger partial charge < -0.3 is 19.7 Å². The Labute approximate surface area is 152 Å². The second kappa shape index (κ2) is 7.91. The van der Waals surface area contributed by atoms with Crippen molar-refractivity contribution in [3.63, 3.8) is 0 Å². The summed E-state index contributed by atoms with van der Waals surface area (Å²) in [6.07, 6.45) is 0.815. The fourth-order valence-corrected chi connectivity index (χ4v) is 2.82. The SMILES string of the molecule is COc1cccc(OC(C)C(=O)Nc2ccc(N3CCCC3=O)cc2)c1. The van der Waals surface area contributed by atoms with Gasteiger partial charge in [-0.1, -0.05) is 6.07 Å². The summed E-state index contributed by atoms with van der Waals surface area (Å²) in [6.45, 7) is 2.43. The Morgan fingerprint density at radius 1 is 1.15 bits per heavy atom. The first-order valence-corrected chi connectivity index (χ1v) is 8.59. The monoisotopic (exact) mass is 354 g/mol. The van der Waals surface area contributed by atoms with Gasteiger partial charge in [0.25, 0.3) is 5.91 Å². The van der Waals surface area contributed by atoms with Crippen LogP contribution in [0.1, 0.15) is 19.8 Å². The van der Waals surface area contributed by atoms with E-state index in [0.717, 1.165) is 18.7 Å². The normalized spacial score (nSPS) is 14.8. The molecule has 0 spiro atoms. The number of rotatable bonds is 6. The molecule has 1 heterocycles. The number of carbonyl (C=O) groups is 2. The number of anilines is 2. The van der Waals surface area contributed by atoms with Gasteiger partial charge in [-0.05, 0) is 49.7 Å². The van der Waals surface area contributed by atoms with E-state index in [2.05, 4.69) is 5.32 Å². The van der Waals surface area contributed by atoms with Crippen LogP contribution >= 0.6 is 0 Å². The molecule has 6 heteroatoms. The highest BCUT2D eigenvalue weighted by molar-refractivity contribution is 5.96. The third-order valence-corrected chi connectivity index (χ3v) is 4.24. The lowest BCUT2D eigenvalue weighted by Crippen LogP contribution is -2.30. The highest BCUT2D eigenvalue weighted by Crippen LogP contribution is 2.24. The number of benzene rings is 2. The van der Waals surface area contributed by atoms with E-state index in [9.17, 15) is 9.59 Å². The van der Waals surface area contributed by atoms with Gasteiger partial charge in [0.1, 0.15) is 11.5 Å². The molecule has 0 bridgehead atoms. The summed E-state index contributed by atoms with van der Waals surface area (Å²) in [7, 11) is 1.58. The Balaban J connectivity index is 1.59. The van der Waals surface area contributed by atoms with Crippen molar-refractivity contribution in [1.82, 2.24) is 0 Å². The summed E-state index contributed by atoms with van der Waals surface area (Å²) in [5, 5.41) is 2.82. The summed E-state index contributed by atoms with van der Waals surface area (Å²) >= 11 is 0. The van der Waals surface area contributed by atoms with Gasteiger partial charge in [-0.2, -0.15) is 0 Å². The molecule has 0 aromatic heterocycles. The lowest BCUT2D eigenvalue weighted by Gasteiger charge is -2.17. The van der Waals surface area contributed by atoms with Crippen molar-refractivity contribution in [2.75, 3.05) is 23.9 Å². The molecule has 0 saturated carbocycles. The molecule has 1 unspecified atom stereocenters. The second-order valence-corrected chi connectivity index (χ2v) is 6.12. The molecule has 2 amide bonds. The van der Waals surface area contributed by atoms with E-state index in [-0.39, 0.29) is 11.8 Å². The van der Waals surface area contributed by atoms with Crippen LogP contribution in [0.15, 0.2) is 48.5 Å². The van der Waals surface area contributed by atoms with Gasteiger partial charge in [-0.25, -0.2) is 0 Å². The van der Waals surface area contributed by atoms with Gasteiger partial charge in [0.05, 0.1) is 7.11 Å². The first-order chi connectivity index (χ1) is 12.6. The fourth-order valence-electron chi connectivity index (χ4n) is 2.82. The van der Waals surface area contributed by atoms with Crippen LogP contribution in [0.4, 0.5) is 11.4 Å². The van der Waals surface area contributed by atoms with E-state index in [1.165, 1.54) is 0 Å². The number of ether oxygens (including phenoxy) is 2. The molecule has 6 nitrogen and oxygen atoms in total. The highest BCUT2D eigenvalue weighted by atomic mass is 16.5. The van der Waals surface area contributed by atoms with Crippen molar-refractivity contribution < 1.29 is 19.1 Å². The molecule has 136 valence electrons. The third kappa shape index (κ3) is 4.14. The minimum Gasteiger partial charge on any atom is -0.497 e. The van der Waals surface area contributed by atoms with Gasteiger partial charge >= 0.3 is 0 Å². The predicted molar refractivity (Wildman–Crippen MR) is 99.7 cm³/mol. The maximum Gasteiger partial charge on any atom is 0.265 e. The van der Waals surface area contributed by atoms with E-state index in [4.69, 9.17) is 9.47 Å². The number of amides is 2. The largest absolute Gasteiger partial charge is 0.497 e. The van der Waals surface area contributed by atoms with Crippen LogP contribution in [0.25, 0.3) is 0 Å². The van der Waals surface area contributed by atoms with E-state index in [1.54, 1.807) is 49.3 Å². The van der Waals surface area contributed by atoms with E-state index in [0.29, 0.717) is 23.6 Å². The van der Waals surface area contributed by atoms with Crippen molar-refractivity contribution in [3.8, 4) is 11.5 Å².